The van der Waals surface area contributed by atoms with E-state index < -0.39 is 21.3 Å². The maximum Gasteiger partial charge on any atom is 0.326 e. The van der Waals surface area contributed by atoms with Crippen molar-refractivity contribution in [2.24, 2.45) is 0 Å². The van der Waals surface area contributed by atoms with E-state index in [1.54, 1.807) is 0 Å². The molecule has 0 fully saturated rings. The molecule has 124 valence electrons. The average molecular weight is 345 g/mol. The molecule has 0 saturated carbocycles. The number of fused-ring (bicyclic) bond motifs is 1. The number of sulfonamides is 1. The Bertz CT molecular complexity index is 1100. The minimum Gasteiger partial charge on any atom is -0.307 e. The van der Waals surface area contributed by atoms with Crippen molar-refractivity contribution in [3.63, 3.8) is 0 Å². The first kappa shape index (κ1) is 16.2. The van der Waals surface area contributed by atoms with Gasteiger partial charge in [0.15, 0.2) is 0 Å². The minimum atomic E-state index is -3.77. The van der Waals surface area contributed by atoms with Crippen molar-refractivity contribution in [2.75, 3.05) is 7.05 Å². The first-order valence-corrected chi connectivity index (χ1v) is 8.58. The van der Waals surface area contributed by atoms with E-state index in [2.05, 4.69) is 9.97 Å². The van der Waals surface area contributed by atoms with Crippen LogP contribution in [0.15, 0.2) is 63.0 Å². The van der Waals surface area contributed by atoms with Crippen molar-refractivity contribution in [1.82, 2.24) is 14.3 Å². The van der Waals surface area contributed by atoms with Crippen LogP contribution in [0.3, 0.4) is 0 Å². The number of aromatic nitrogens is 2. The van der Waals surface area contributed by atoms with Gasteiger partial charge >= 0.3 is 5.69 Å². The molecule has 3 aromatic rings. The quantitative estimate of drug-likeness (QED) is 0.737. The highest BCUT2D eigenvalue weighted by molar-refractivity contribution is 7.89. The summed E-state index contributed by atoms with van der Waals surface area (Å²) in [5, 5.41) is 0.115. The molecule has 1 aromatic heterocycles. The molecule has 2 aromatic carbocycles. The van der Waals surface area contributed by atoms with Crippen molar-refractivity contribution in [3.8, 4) is 0 Å². The molecule has 7 nitrogen and oxygen atoms in total. The number of rotatable bonds is 4. The summed E-state index contributed by atoms with van der Waals surface area (Å²) in [6.45, 7) is 0.211. The molecule has 24 heavy (non-hydrogen) atoms. The molecule has 1 heterocycles. The molecule has 2 N–H and O–H groups in total. The lowest BCUT2D eigenvalue weighted by Crippen LogP contribution is -2.27. The summed E-state index contributed by atoms with van der Waals surface area (Å²) in [6.07, 6.45) is 0. The summed E-state index contributed by atoms with van der Waals surface area (Å²) in [5.41, 5.74) is -0.124. The third-order valence-corrected chi connectivity index (χ3v) is 5.47. The van der Waals surface area contributed by atoms with Crippen LogP contribution in [0, 0.1) is 0 Å². The van der Waals surface area contributed by atoms with Gasteiger partial charge in [-0.05, 0) is 23.8 Å². The maximum atomic E-state index is 12.7. The van der Waals surface area contributed by atoms with Crippen LogP contribution in [0.4, 0.5) is 0 Å². The largest absolute Gasteiger partial charge is 0.326 e. The van der Waals surface area contributed by atoms with Crippen LogP contribution in [-0.4, -0.2) is 29.7 Å². The fourth-order valence-corrected chi connectivity index (χ4v) is 3.60. The lowest BCUT2D eigenvalue weighted by Gasteiger charge is -2.17. The van der Waals surface area contributed by atoms with Crippen LogP contribution in [-0.2, 0) is 16.6 Å². The molecule has 0 aliphatic carbocycles. The molecule has 0 bridgehead atoms. The molecule has 0 aliphatic rings. The summed E-state index contributed by atoms with van der Waals surface area (Å²) < 4.78 is 26.6. The Hall–Kier alpha value is -2.71. The highest BCUT2D eigenvalue weighted by atomic mass is 32.2. The second-order valence-corrected chi connectivity index (χ2v) is 7.41. The summed E-state index contributed by atoms with van der Waals surface area (Å²) >= 11 is 0. The van der Waals surface area contributed by atoms with Gasteiger partial charge in [0.1, 0.15) is 0 Å². The molecule has 0 aliphatic heterocycles. The topological polar surface area (TPSA) is 103 Å². The van der Waals surface area contributed by atoms with Crippen LogP contribution in [0.1, 0.15) is 5.56 Å². The van der Waals surface area contributed by atoms with E-state index in [1.807, 2.05) is 30.3 Å². The van der Waals surface area contributed by atoms with Crippen LogP contribution in [0.25, 0.3) is 10.9 Å². The third kappa shape index (κ3) is 3.01. The first-order valence-electron chi connectivity index (χ1n) is 7.14. The monoisotopic (exact) mass is 345 g/mol. The van der Waals surface area contributed by atoms with Crippen molar-refractivity contribution in [3.05, 3.63) is 74.9 Å². The van der Waals surface area contributed by atoms with E-state index >= 15 is 0 Å². The lowest BCUT2D eigenvalue weighted by atomic mass is 10.2. The molecule has 8 heteroatoms. The highest BCUT2D eigenvalue weighted by Gasteiger charge is 2.21. The molecular formula is C16H15N3O4S. The average Bonchev–Trinajstić information content (AvgIpc) is 2.55. The SMILES string of the molecule is CN(Cc1ccccc1)S(=O)(=O)c1ccc2[nH]c(=O)[nH]c(=O)c2c1. The molecule has 0 radical (unpaired) electrons. The van der Waals surface area contributed by atoms with Crippen molar-refractivity contribution >= 4 is 20.9 Å². The van der Waals surface area contributed by atoms with Crippen molar-refractivity contribution in [1.29, 1.82) is 0 Å². The van der Waals surface area contributed by atoms with Crippen LogP contribution < -0.4 is 11.2 Å². The Morgan fingerprint density at radius 1 is 1.00 bits per heavy atom. The molecule has 3 rings (SSSR count). The lowest BCUT2D eigenvalue weighted by molar-refractivity contribution is 0.467. The maximum absolute atomic E-state index is 12.7. The molecule has 0 spiro atoms. The fraction of sp³-hybridized carbons (Fsp3) is 0.125. The summed E-state index contributed by atoms with van der Waals surface area (Å²) in [6, 6.07) is 13.2. The Kier molecular flexibility index (Phi) is 4.08. The fourth-order valence-electron chi connectivity index (χ4n) is 2.41. The number of aromatic amines is 2. The van der Waals surface area contributed by atoms with E-state index in [-0.39, 0.29) is 22.3 Å². The zero-order valence-corrected chi connectivity index (χ0v) is 13.6. The second-order valence-electron chi connectivity index (χ2n) is 5.36. The number of H-pyrrole nitrogens is 2. The van der Waals surface area contributed by atoms with Gasteiger partial charge in [-0.3, -0.25) is 9.78 Å². The smallest absolute Gasteiger partial charge is 0.307 e. The van der Waals surface area contributed by atoms with Gasteiger partial charge in [-0.1, -0.05) is 30.3 Å². The van der Waals surface area contributed by atoms with E-state index in [4.69, 9.17) is 0 Å². The Morgan fingerprint density at radius 3 is 2.42 bits per heavy atom. The second kappa shape index (κ2) is 6.06. The Balaban J connectivity index is 2.02. The normalized spacial score (nSPS) is 11.9. The Labute approximate surface area is 137 Å². The van der Waals surface area contributed by atoms with Crippen LogP contribution in [0.5, 0.6) is 0 Å². The van der Waals surface area contributed by atoms with Gasteiger partial charge in [0.2, 0.25) is 10.0 Å². The number of nitrogens with one attached hydrogen (secondary N) is 2. The summed E-state index contributed by atoms with van der Waals surface area (Å²) in [7, 11) is -2.29. The van der Waals surface area contributed by atoms with E-state index in [0.29, 0.717) is 0 Å². The van der Waals surface area contributed by atoms with Gasteiger partial charge in [-0.15, -0.1) is 0 Å². The predicted molar refractivity (Wildman–Crippen MR) is 90.3 cm³/mol. The molecular weight excluding hydrogens is 330 g/mol. The number of hydrogen-bond acceptors (Lipinski definition) is 4. The summed E-state index contributed by atoms with van der Waals surface area (Å²) in [5.74, 6) is 0. The molecule has 0 unspecified atom stereocenters. The molecule has 0 atom stereocenters. The zero-order chi connectivity index (χ0) is 17.3. The third-order valence-electron chi connectivity index (χ3n) is 3.67. The van der Waals surface area contributed by atoms with Gasteiger partial charge in [0.05, 0.1) is 15.8 Å². The van der Waals surface area contributed by atoms with Crippen LogP contribution >= 0.6 is 0 Å². The van der Waals surface area contributed by atoms with Gasteiger partial charge in [-0.25, -0.2) is 13.2 Å². The molecule has 0 saturated heterocycles. The van der Waals surface area contributed by atoms with Crippen molar-refractivity contribution in [2.45, 2.75) is 11.4 Å². The first-order chi connectivity index (χ1) is 11.4. The standard InChI is InChI=1S/C16H15N3O4S/c1-19(10-11-5-3-2-4-6-11)24(22,23)12-7-8-14-13(9-12)15(20)18-16(21)17-14/h2-9H,10H2,1H3,(H2,17,18,20,21). The zero-order valence-electron chi connectivity index (χ0n) is 12.8. The van der Waals surface area contributed by atoms with E-state index in [9.17, 15) is 18.0 Å². The summed E-state index contributed by atoms with van der Waals surface area (Å²) in [4.78, 5) is 27.7. The van der Waals surface area contributed by atoms with E-state index in [0.717, 1.165) is 5.56 Å². The van der Waals surface area contributed by atoms with Gasteiger partial charge in [0.25, 0.3) is 5.56 Å². The van der Waals surface area contributed by atoms with E-state index in [1.165, 1.54) is 29.6 Å². The number of nitrogens with zero attached hydrogens (tertiary/aromatic N) is 1. The Morgan fingerprint density at radius 2 is 1.71 bits per heavy atom. The van der Waals surface area contributed by atoms with Gasteiger partial charge in [-0.2, -0.15) is 4.31 Å². The highest BCUT2D eigenvalue weighted by Crippen LogP contribution is 2.19. The van der Waals surface area contributed by atoms with Crippen molar-refractivity contribution < 1.29 is 8.42 Å². The predicted octanol–water partition coefficient (Wildman–Crippen LogP) is 1.04. The molecule has 0 amide bonds. The number of hydrogen-bond donors (Lipinski definition) is 2. The number of benzene rings is 2. The van der Waals surface area contributed by atoms with Gasteiger partial charge in [0, 0.05) is 13.6 Å². The minimum absolute atomic E-state index is 0.00835. The van der Waals surface area contributed by atoms with Crippen LogP contribution in [0.2, 0.25) is 0 Å². The van der Waals surface area contributed by atoms with Gasteiger partial charge < -0.3 is 4.98 Å².